The fraction of sp³-hybridized carbons (Fsp3) is 0.0556. The number of benzene rings is 2. The smallest absolute Gasteiger partial charge is 0.258 e. The molecule has 0 saturated heterocycles. The Kier molecular flexibility index (Phi) is 4.73. The minimum atomic E-state index is -0.370. The highest BCUT2D eigenvalue weighted by atomic mass is 35.5. The molecule has 27 heavy (non-hydrogen) atoms. The summed E-state index contributed by atoms with van der Waals surface area (Å²) in [6.07, 6.45) is 0. The summed E-state index contributed by atoms with van der Waals surface area (Å²) in [5.74, 6) is 0.564. The lowest BCUT2D eigenvalue weighted by Crippen LogP contribution is -2.13. The molecule has 0 aliphatic rings. The van der Waals surface area contributed by atoms with Crippen LogP contribution in [0, 0.1) is 0 Å². The van der Waals surface area contributed by atoms with E-state index in [2.05, 4.69) is 15.4 Å². The van der Waals surface area contributed by atoms with E-state index in [1.807, 2.05) is 29.6 Å². The molecule has 4 rings (SSSR count). The molecular formula is C18H12Cl2N4O2S. The molecule has 0 spiro atoms. The number of methoxy groups -OCH3 is 1. The highest BCUT2D eigenvalue weighted by Gasteiger charge is 2.16. The number of thiazole rings is 1. The molecule has 4 aromatic rings. The molecule has 6 nitrogen and oxygen atoms in total. The Balaban J connectivity index is 1.66. The van der Waals surface area contributed by atoms with Crippen LogP contribution in [0.2, 0.25) is 10.0 Å². The van der Waals surface area contributed by atoms with E-state index in [-0.39, 0.29) is 11.9 Å². The minimum Gasteiger partial charge on any atom is -0.496 e. The number of rotatable bonds is 4. The molecule has 0 radical (unpaired) electrons. The number of anilines is 1. The Bertz CT molecular complexity index is 1160. The number of amides is 1. The van der Waals surface area contributed by atoms with E-state index in [9.17, 15) is 4.79 Å². The number of fused-ring (bicyclic) bond motifs is 1. The summed E-state index contributed by atoms with van der Waals surface area (Å²) in [4.78, 5) is 17.4. The van der Waals surface area contributed by atoms with Gasteiger partial charge in [0.25, 0.3) is 11.9 Å². The second-order valence-electron chi connectivity index (χ2n) is 5.53. The minimum absolute atomic E-state index is 0.203. The molecule has 9 heteroatoms. The van der Waals surface area contributed by atoms with Crippen LogP contribution in [0.1, 0.15) is 10.4 Å². The van der Waals surface area contributed by atoms with Gasteiger partial charge in [-0.05, 0) is 30.3 Å². The molecule has 136 valence electrons. The van der Waals surface area contributed by atoms with Gasteiger partial charge < -0.3 is 4.74 Å². The molecule has 0 bridgehead atoms. The van der Waals surface area contributed by atoms with Crippen LogP contribution in [-0.2, 0) is 0 Å². The zero-order chi connectivity index (χ0) is 19.0. The number of hydrogen-bond donors (Lipinski definition) is 1. The summed E-state index contributed by atoms with van der Waals surface area (Å²) < 4.78 is 7.09. The molecule has 0 unspecified atom stereocenters. The third-order valence-electron chi connectivity index (χ3n) is 3.87. The molecule has 2 aromatic carbocycles. The number of carbonyl (C=O) groups excluding carboxylic acids is 1. The summed E-state index contributed by atoms with van der Waals surface area (Å²) >= 11 is 13.3. The third-order valence-corrected chi connectivity index (χ3v) is 5.43. The van der Waals surface area contributed by atoms with Gasteiger partial charge in [0, 0.05) is 16.5 Å². The van der Waals surface area contributed by atoms with Gasteiger partial charge in [-0.2, -0.15) is 4.98 Å². The molecule has 2 aromatic heterocycles. The van der Waals surface area contributed by atoms with Crippen LogP contribution in [0.3, 0.4) is 0 Å². The quantitative estimate of drug-likeness (QED) is 0.504. The number of nitrogens with one attached hydrogen (secondary N) is 1. The van der Waals surface area contributed by atoms with E-state index in [0.29, 0.717) is 20.6 Å². The van der Waals surface area contributed by atoms with Crippen molar-refractivity contribution in [2.45, 2.75) is 0 Å². The second kappa shape index (κ2) is 7.19. The van der Waals surface area contributed by atoms with Crippen molar-refractivity contribution < 1.29 is 9.53 Å². The molecular weight excluding hydrogens is 407 g/mol. The molecule has 2 heterocycles. The van der Waals surface area contributed by atoms with Crippen LogP contribution < -0.4 is 10.1 Å². The van der Waals surface area contributed by atoms with Crippen LogP contribution in [0.25, 0.3) is 16.2 Å². The first-order valence-electron chi connectivity index (χ1n) is 7.81. The fourth-order valence-electron chi connectivity index (χ4n) is 2.59. The summed E-state index contributed by atoms with van der Waals surface area (Å²) in [5.41, 5.74) is 2.08. The first kappa shape index (κ1) is 17.8. The van der Waals surface area contributed by atoms with Gasteiger partial charge in [0.05, 0.1) is 22.8 Å². The van der Waals surface area contributed by atoms with Crippen LogP contribution in [0.15, 0.2) is 47.8 Å². The zero-order valence-corrected chi connectivity index (χ0v) is 16.3. The van der Waals surface area contributed by atoms with Gasteiger partial charge in [0.2, 0.25) is 4.96 Å². The van der Waals surface area contributed by atoms with Gasteiger partial charge in [-0.3, -0.25) is 10.1 Å². The maximum atomic E-state index is 12.4. The average molecular weight is 419 g/mol. The van der Waals surface area contributed by atoms with Crippen molar-refractivity contribution in [1.82, 2.24) is 14.6 Å². The van der Waals surface area contributed by atoms with Crippen molar-refractivity contribution >= 4 is 51.4 Å². The normalized spacial score (nSPS) is 10.9. The first-order chi connectivity index (χ1) is 13.1. The Hall–Kier alpha value is -2.61. The number of ether oxygens (including phenoxy) is 1. The topological polar surface area (TPSA) is 68.5 Å². The highest BCUT2D eigenvalue weighted by molar-refractivity contribution is 7.15. The Morgan fingerprint density at radius 1 is 1.19 bits per heavy atom. The lowest BCUT2D eigenvalue weighted by Gasteiger charge is -2.06. The van der Waals surface area contributed by atoms with Gasteiger partial charge in [0.15, 0.2) is 0 Å². The van der Waals surface area contributed by atoms with Crippen LogP contribution >= 0.6 is 34.5 Å². The Labute approximate surface area is 168 Å². The number of carbonyl (C=O) groups is 1. The predicted molar refractivity (Wildman–Crippen MR) is 107 cm³/mol. The predicted octanol–water partition coefficient (Wildman–Crippen LogP) is 5.03. The third kappa shape index (κ3) is 3.37. The van der Waals surface area contributed by atoms with Gasteiger partial charge in [-0.25, -0.2) is 4.52 Å². The molecule has 1 amide bonds. The molecule has 0 aliphatic carbocycles. The van der Waals surface area contributed by atoms with Crippen molar-refractivity contribution in [3.63, 3.8) is 0 Å². The number of halogens is 2. The summed E-state index contributed by atoms with van der Waals surface area (Å²) in [7, 11) is 1.62. The first-order valence-corrected chi connectivity index (χ1v) is 9.44. The molecule has 0 saturated carbocycles. The number of nitrogens with zero attached hydrogens (tertiary/aromatic N) is 3. The van der Waals surface area contributed by atoms with Crippen molar-refractivity contribution in [3.8, 4) is 17.0 Å². The van der Waals surface area contributed by atoms with Gasteiger partial charge in [-0.1, -0.05) is 35.3 Å². The van der Waals surface area contributed by atoms with E-state index >= 15 is 0 Å². The molecule has 0 fully saturated rings. The van der Waals surface area contributed by atoms with Crippen molar-refractivity contribution in [2.24, 2.45) is 0 Å². The zero-order valence-electron chi connectivity index (χ0n) is 13.9. The number of para-hydroxylation sites is 1. The van der Waals surface area contributed by atoms with Crippen LogP contribution in [0.4, 0.5) is 5.95 Å². The Morgan fingerprint density at radius 3 is 2.78 bits per heavy atom. The van der Waals surface area contributed by atoms with Crippen LogP contribution in [-0.4, -0.2) is 27.6 Å². The lowest BCUT2D eigenvalue weighted by molar-refractivity contribution is 0.102. The summed E-state index contributed by atoms with van der Waals surface area (Å²) in [6.45, 7) is 0. The maximum absolute atomic E-state index is 12.4. The Morgan fingerprint density at radius 2 is 2.00 bits per heavy atom. The highest BCUT2D eigenvalue weighted by Crippen LogP contribution is 2.32. The monoisotopic (exact) mass is 418 g/mol. The van der Waals surface area contributed by atoms with E-state index in [1.54, 1.807) is 23.8 Å². The van der Waals surface area contributed by atoms with Gasteiger partial charge >= 0.3 is 0 Å². The van der Waals surface area contributed by atoms with Crippen molar-refractivity contribution in [2.75, 3.05) is 12.4 Å². The lowest BCUT2D eigenvalue weighted by atomic mass is 10.1. The number of aromatic nitrogens is 3. The van der Waals surface area contributed by atoms with E-state index in [0.717, 1.165) is 17.0 Å². The average Bonchev–Trinajstić information content (AvgIpc) is 3.24. The van der Waals surface area contributed by atoms with Crippen LogP contribution in [0.5, 0.6) is 5.75 Å². The van der Waals surface area contributed by atoms with E-state index in [1.165, 1.54) is 17.4 Å². The second-order valence-corrected chi connectivity index (χ2v) is 7.18. The number of hydrogen-bond acceptors (Lipinski definition) is 5. The fourth-order valence-corrected chi connectivity index (χ4v) is 3.71. The molecule has 1 N–H and O–H groups in total. The van der Waals surface area contributed by atoms with E-state index in [4.69, 9.17) is 27.9 Å². The van der Waals surface area contributed by atoms with Crippen molar-refractivity contribution in [3.05, 3.63) is 63.5 Å². The van der Waals surface area contributed by atoms with Crippen molar-refractivity contribution in [1.29, 1.82) is 0 Å². The van der Waals surface area contributed by atoms with Gasteiger partial charge in [0.1, 0.15) is 5.75 Å². The summed E-state index contributed by atoms with van der Waals surface area (Å²) in [5, 5.41) is 9.71. The van der Waals surface area contributed by atoms with Gasteiger partial charge in [-0.15, -0.1) is 16.4 Å². The molecule has 0 aliphatic heterocycles. The largest absolute Gasteiger partial charge is 0.496 e. The SMILES string of the molecule is COc1ccccc1-c1csc2nc(NC(=O)c3ccc(Cl)c(Cl)c3)nn12. The maximum Gasteiger partial charge on any atom is 0.258 e. The van der Waals surface area contributed by atoms with E-state index < -0.39 is 0 Å². The standard InChI is InChI=1S/C18H12Cl2N4O2S/c1-26-15-5-3-2-4-11(15)14-9-27-18-22-17(23-24(14)18)21-16(25)10-6-7-12(19)13(20)8-10/h2-9H,1H3,(H,21,23,25). The summed E-state index contributed by atoms with van der Waals surface area (Å²) in [6, 6.07) is 12.3. The molecule has 0 atom stereocenters.